The Balaban J connectivity index is 2.28. The van der Waals surface area contributed by atoms with Gasteiger partial charge in [0.25, 0.3) is 0 Å². The number of hydrazone groups is 1. The molecule has 0 radical (unpaired) electrons. The Hall–Kier alpha value is -2.09. The first-order valence-corrected chi connectivity index (χ1v) is 5.68. The largest absolute Gasteiger partial charge is 0.313 e. The second-order valence-corrected chi connectivity index (χ2v) is 3.86. The van der Waals surface area contributed by atoms with Crippen LogP contribution in [0.1, 0.15) is 12.5 Å². The molecule has 0 bridgehead atoms. The lowest BCUT2D eigenvalue weighted by Gasteiger charge is -2.04. The van der Waals surface area contributed by atoms with Crippen LogP contribution in [0.4, 0.5) is 0 Å². The van der Waals surface area contributed by atoms with Gasteiger partial charge in [-0.15, -0.1) is 0 Å². The fraction of sp³-hybridized carbons (Fsp3) is 0.133. The molecule has 0 aliphatic heterocycles. The molecule has 0 unspecified atom stereocenters. The van der Waals surface area contributed by atoms with Gasteiger partial charge in [-0.3, -0.25) is 0 Å². The van der Waals surface area contributed by atoms with E-state index in [9.17, 15) is 0 Å². The monoisotopic (exact) mass is 224 g/mol. The van der Waals surface area contributed by atoms with Gasteiger partial charge in [-0.1, -0.05) is 54.6 Å². The minimum Gasteiger partial charge on any atom is -0.313 e. The van der Waals surface area contributed by atoms with Gasteiger partial charge in [0.15, 0.2) is 0 Å². The zero-order valence-corrected chi connectivity index (χ0v) is 10.1. The number of benzene rings is 2. The predicted molar refractivity (Wildman–Crippen MR) is 73.1 cm³/mol. The normalized spacial score (nSPS) is 11.3. The standard InChI is InChI=1S/C15H16N2/c1-12(17-16-2)13-8-10-15(11-9-13)14-6-4-3-5-7-14/h3-11,16H,1-2H3/b17-12+. The Morgan fingerprint density at radius 1 is 0.882 bits per heavy atom. The maximum atomic E-state index is 4.16. The van der Waals surface area contributed by atoms with Crippen LogP contribution in [0.3, 0.4) is 0 Å². The van der Waals surface area contributed by atoms with Crippen LogP contribution in [0.2, 0.25) is 0 Å². The maximum Gasteiger partial charge on any atom is 0.0644 e. The first kappa shape index (κ1) is 11.4. The molecule has 2 heteroatoms. The highest BCUT2D eigenvalue weighted by Gasteiger charge is 1.99. The van der Waals surface area contributed by atoms with Crippen molar-refractivity contribution < 1.29 is 0 Å². The second kappa shape index (κ2) is 5.30. The van der Waals surface area contributed by atoms with Crippen molar-refractivity contribution in [1.82, 2.24) is 5.43 Å². The minimum atomic E-state index is 0.993. The topological polar surface area (TPSA) is 24.4 Å². The Morgan fingerprint density at radius 2 is 1.47 bits per heavy atom. The van der Waals surface area contributed by atoms with Crippen molar-refractivity contribution in [2.75, 3.05) is 7.05 Å². The van der Waals surface area contributed by atoms with Crippen LogP contribution in [0.15, 0.2) is 59.7 Å². The molecule has 0 amide bonds. The predicted octanol–water partition coefficient (Wildman–Crippen LogP) is 3.30. The van der Waals surface area contributed by atoms with Crippen molar-refractivity contribution >= 4 is 5.71 Å². The Labute approximate surface area is 102 Å². The average molecular weight is 224 g/mol. The molecule has 0 saturated carbocycles. The third-order valence-electron chi connectivity index (χ3n) is 2.69. The highest BCUT2D eigenvalue weighted by molar-refractivity contribution is 5.98. The molecule has 0 aromatic heterocycles. The van der Waals surface area contributed by atoms with Crippen molar-refractivity contribution in [2.45, 2.75) is 6.92 Å². The first-order valence-electron chi connectivity index (χ1n) is 5.68. The van der Waals surface area contributed by atoms with Crippen LogP contribution in [-0.4, -0.2) is 12.8 Å². The van der Waals surface area contributed by atoms with Crippen LogP contribution in [-0.2, 0) is 0 Å². The van der Waals surface area contributed by atoms with Crippen LogP contribution in [0.5, 0.6) is 0 Å². The molecule has 86 valence electrons. The minimum absolute atomic E-state index is 0.993. The van der Waals surface area contributed by atoms with Gasteiger partial charge in [0.2, 0.25) is 0 Å². The van der Waals surface area contributed by atoms with Gasteiger partial charge in [0, 0.05) is 7.05 Å². The summed E-state index contributed by atoms with van der Waals surface area (Å²) in [7, 11) is 1.81. The summed E-state index contributed by atoms with van der Waals surface area (Å²) in [5.41, 5.74) is 7.40. The van der Waals surface area contributed by atoms with E-state index >= 15 is 0 Å². The summed E-state index contributed by atoms with van der Waals surface area (Å²) in [6, 6.07) is 18.8. The van der Waals surface area contributed by atoms with Crippen molar-refractivity contribution in [1.29, 1.82) is 0 Å². The summed E-state index contributed by atoms with van der Waals surface area (Å²) in [4.78, 5) is 0. The van der Waals surface area contributed by atoms with Gasteiger partial charge >= 0.3 is 0 Å². The van der Waals surface area contributed by atoms with E-state index in [1.54, 1.807) is 0 Å². The third kappa shape index (κ3) is 2.72. The average Bonchev–Trinajstić information content (AvgIpc) is 2.40. The highest BCUT2D eigenvalue weighted by Crippen LogP contribution is 2.19. The van der Waals surface area contributed by atoms with Crippen LogP contribution >= 0.6 is 0 Å². The van der Waals surface area contributed by atoms with E-state index in [-0.39, 0.29) is 0 Å². The summed E-state index contributed by atoms with van der Waals surface area (Å²) in [5, 5.41) is 4.16. The quantitative estimate of drug-likeness (QED) is 0.628. The van der Waals surface area contributed by atoms with E-state index in [4.69, 9.17) is 0 Å². The van der Waals surface area contributed by atoms with E-state index in [1.807, 2.05) is 20.0 Å². The number of rotatable bonds is 3. The number of hydrogen-bond acceptors (Lipinski definition) is 2. The summed E-state index contributed by atoms with van der Waals surface area (Å²) < 4.78 is 0. The Kier molecular flexibility index (Phi) is 3.55. The molecule has 2 rings (SSSR count). The van der Waals surface area contributed by atoms with Gasteiger partial charge < -0.3 is 5.43 Å². The maximum absolute atomic E-state index is 4.16. The fourth-order valence-electron chi connectivity index (χ4n) is 1.77. The van der Waals surface area contributed by atoms with E-state index in [0.717, 1.165) is 11.3 Å². The zero-order valence-electron chi connectivity index (χ0n) is 10.1. The molecular formula is C15H16N2. The van der Waals surface area contributed by atoms with Crippen LogP contribution in [0, 0.1) is 0 Å². The molecule has 0 fully saturated rings. The molecule has 0 heterocycles. The molecule has 0 saturated heterocycles. The fourth-order valence-corrected chi connectivity index (χ4v) is 1.77. The number of nitrogens with one attached hydrogen (secondary N) is 1. The molecule has 0 atom stereocenters. The molecule has 2 aromatic carbocycles. The molecular weight excluding hydrogens is 208 g/mol. The number of hydrogen-bond donors (Lipinski definition) is 1. The Morgan fingerprint density at radius 3 is 2.06 bits per heavy atom. The molecule has 0 aliphatic rings. The van der Waals surface area contributed by atoms with E-state index in [0.29, 0.717) is 0 Å². The smallest absolute Gasteiger partial charge is 0.0644 e. The lowest BCUT2D eigenvalue weighted by atomic mass is 10.0. The van der Waals surface area contributed by atoms with Crippen molar-refractivity contribution in [3.63, 3.8) is 0 Å². The lowest BCUT2D eigenvalue weighted by Crippen LogP contribution is -2.02. The summed E-state index contributed by atoms with van der Waals surface area (Å²) >= 11 is 0. The second-order valence-electron chi connectivity index (χ2n) is 3.86. The molecule has 2 aromatic rings. The molecule has 2 nitrogen and oxygen atoms in total. The van der Waals surface area contributed by atoms with Gasteiger partial charge in [-0.25, -0.2) is 0 Å². The Bertz CT molecular complexity index is 498. The molecule has 17 heavy (non-hydrogen) atoms. The summed E-state index contributed by atoms with van der Waals surface area (Å²) in [5.74, 6) is 0. The molecule has 0 spiro atoms. The van der Waals surface area contributed by atoms with Gasteiger partial charge in [0.05, 0.1) is 5.71 Å². The SMILES string of the molecule is CN/N=C(\C)c1ccc(-c2ccccc2)cc1. The first-order chi connectivity index (χ1) is 8.31. The van der Waals surface area contributed by atoms with E-state index in [2.05, 4.69) is 59.1 Å². The van der Waals surface area contributed by atoms with Gasteiger partial charge in [-0.2, -0.15) is 5.10 Å². The van der Waals surface area contributed by atoms with Crippen molar-refractivity contribution in [2.24, 2.45) is 5.10 Å². The lowest BCUT2D eigenvalue weighted by molar-refractivity contribution is 0.900. The van der Waals surface area contributed by atoms with Crippen molar-refractivity contribution in [3.8, 4) is 11.1 Å². The summed E-state index contributed by atoms with van der Waals surface area (Å²) in [6.07, 6.45) is 0. The number of nitrogens with zero attached hydrogens (tertiary/aromatic N) is 1. The zero-order chi connectivity index (χ0) is 12.1. The summed E-state index contributed by atoms with van der Waals surface area (Å²) in [6.45, 7) is 1.99. The van der Waals surface area contributed by atoms with Gasteiger partial charge in [-0.05, 0) is 23.6 Å². The third-order valence-corrected chi connectivity index (χ3v) is 2.69. The van der Waals surface area contributed by atoms with Gasteiger partial charge in [0.1, 0.15) is 0 Å². The van der Waals surface area contributed by atoms with Crippen molar-refractivity contribution in [3.05, 3.63) is 60.2 Å². The molecule has 0 aliphatic carbocycles. The van der Waals surface area contributed by atoms with Crippen LogP contribution in [0.25, 0.3) is 11.1 Å². The van der Waals surface area contributed by atoms with E-state index < -0.39 is 0 Å². The highest BCUT2D eigenvalue weighted by atomic mass is 15.3. The van der Waals surface area contributed by atoms with Crippen LogP contribution < -0.4 is 5.43 Å². The molecule has 1 N–H and O–H groups in total. The van der Waals surface area contributed by atoms with E-state index in [1.165, 1.54) is 11.1 Å².